The predicted octanol–water partition coefficient (Wildman–Crippen LogP) is 2.60. The van der Waals surface area contributed by atoms with Crippen LogP contribution in [-0.2, 0) is 10.0 Å². The summed E-state index contributed by atoms with van der Waals surface area (Å²) in [4.78, 5) is 0.317. The van der Waals surface area contributed by atoms with Gasteiger partial charge in [-0.2, -0.15) is 0 Å². The fourth-order valence-electron chi connectivity index (χ4n) is 2.04. The van der Waals surface area contributed by atoms with Gasteiger partial charge in [0.1, 0.15) is 0 Å². The lowest BCUT2D eigenvalue weighted by Gasteiger charge is -2.14. The lowest BCUT2D eigenvalue weighted by Crippen LogP contribution is -2.26. The van der Waals surface area contributed by atoms with Gasteiger partial charge in [0.15, 0.2) is 0 Å². The molecule has 0 radical (unpaired) electrons. The Kier molecular flexibility index (Phi) is 5.38. The quantitative estimate of drug-likeness (QED) is 0.623. The van der Waals surface area contributed by atoms with Gasteiger partial charge in [-0.05, 0) is 49.8 Å². The molecule has 19 heavy (non-hydrogen) atoms. The van der Waals surface area contributed by atoms with Gasteiger partial charge in [0, 0.05) is 12.2 Å². The molecule has 0 aliphatic heterocycles. The van der Waals surface area contributed by atoms with E-state index in [2.05, 4.69) is 18.6 Å². The minimum atomic E-state index is -3.47. The Labute approximate surface area is 116 Å². The highest BCUT2D eigenvalue weighted by Crippen LogP contribution is 2.24. The van der Waals surface area contributed by atoms with Gasteiger partial charge in [-0.1, -0.05) is 19.9 Å². The Balaban J connectivity index is 2.86. The molecule has 0 fully saturated rings. The Bertz CT molecular complexity index is 537. The van der Waals surface area contributed by atoms with Crippen LogP contribution in [0.25, 0.3) is 0 Å². The van der Waals surface area contributed by atoms with Crippen LogP contribution >= 0.6 is 0 Å². The molecule has 5 heteroatoms. The monoisotopic (exact) mass is 284 g/mol. The standard InChI is InChI=1S/C14H24N2O2S/c1-10(2)6-5-9-16-19(17,18)14-11(3)7-8-13(15)12(14)4/h7-8,10,16H,5-6,9,15H2,1-4H3. The van der Waals surface area contributed by atoms with E-state index in [-0.39, 0.29) is 0 Å². The number of benzene rings is 1. The van der Waals surface area contributed by atoms with E-state index in [9.17, 15) is 8.42 Å². The molecule has 1 rings (SSSR count). The van der Waals surface area contributed by atoms with Crippen molar-refractivity contribution in [2.45, 2.75) is 45.4 Å². The van der Waals surface area contributed by atoms with Crippen LogP contribution in [0.4, 0.5) is 5.69 Å². The number of nitrogens with one attached hydrogen (secondary N) is 1. The van der Waals surface area contributed by atoms with Crippen molar-refractivity contribution in [2.75, 3.05) is 12.3 Å². The molecular weight excluding hydrogens is 260 g/mol. The van der Waals surface area contributed by atoms with Crippen LogP contribution < -0.4 is 10.5 Å². The molecule has 0 unspecified atom stereocenters. The molecule has 3 N–H and O–H groups in total. The SMILES string of the molecule is Cc1ccc(N)c(C)c1S(=O)(=O)NCCCC(C)C. The highest BCUT2D eigenvalue weighted by molar-refractivity contribution is 7.89. The number of hydrogen-bond donors (Lipinski definition) is 2. The molecule has 1 aromatic rings. The summed E-state index contributed by atoms with van der Waals surface area (Å²) in [7, 11) is -3.47. The number of nitrogens with two attached hydrogens (primary N) is 1. The third-order valence-corrected chi connectivity index (χ3v) is 4.91. The lowest BCUT2D eigenvalue weighted by molar-refractivity contribution is 0.539. The van der Waals surface area contributed by atoms with Crippen LogP contribution in [-0.4, -0.2) is 15.0 Å². The Morgan fingerprint density at radius 1 is 1.26 bits per heavy atom. The van der Waals surface area contributed by atoms with Gasteiger partial charge in [0.05, 0.1) is 4.90 Å². The molecule has 0 aromatic heterocycles. The molecule has 0 spiro atoms. The van der Waals surface area contributed by atoms with Gasteiger partial charge in [0.25, 0.3) is 0 Å². The van der Waals surface area contributed by atoms with Crippen molar-refractivity contribution in [1.82, 2.24) is 4.72 Å². The first-order valence-corrected chi connectivity index (χ1v) is 8.09. The van der Waals surface area contributed by atoms with Gasteiger partial charge < -0.3 is 5.73 Å². The van der Waals surface area contributed by atoms with E-state index in [0.29, 0.717) is 28.6 Å². The molecule has 4 nitrogen and oxygen atoms in total. The largest absolute Gasteiger partial charge is 0.398 e. The number of sulfonamides is 1. The van der Waals surface area contributed by atoms with Crippen molar-refractivity contribution < 1.29 is 8.42 Å². The van der Waals surface area contributed by atoms with Gasteiger partial charge in [-0.15, -0.1) is 0 Å². The molecular formula is C14H24N2O2S. The van der Waals surface area contributed by atoms with Crippen LogP contribution in [0.5, 0.6) is 0 Å². The lowest BCUT2D eigenvalue weighted by atomic mass is 10.1. The summed E-state index contributed by atoms with van der Waals surface area (Å²) in [5.41, 5.74) is 7.64. The number of anilines is 1. The Morgan fingerprint density at radius 2 is 1.89 bits per heavy atom. The van der Waals surface area contributed by atoms with E-state index in [0.717, 1.165) is 18.4 Å². The molecule has 0 atom stereocenters. The van der Waals surface area contributed by atoms with Crippen LogP contribution in [0.1, 0.15) is 37.8 Å². The first-order chi connectivity index (χ1) is 8.75. The van der Waals surface area contributed by atoms with E-state index in [1.165, 1.54) is 0 Å². The summed E-state index contributed by atoms with van der Waals surface area (Å²) in [6, 6.07) is 3.48. The summed E-state index contributed by atoms with van der Waals surface area (Å²) in [5, 5.41) is 0. The fourth-order valence-corrected chi connectivity index (χ4v) is 3.62. The van der Waals surface area contributed by atoms with Crippen molar-refractivity contribution in [2.24, 2.45) is 5.92 Å². The topological polar surface area (TPSA) is 72.2 Å². The van der Waals surface area contributed by atoms with E-state index >= 15 is 0 Å². The fraction of sp³-hybridized carbons (Fsp3) is 0.571. The van der Waals surface area contributed by atoms with E-state index < -0.39 is 10.0 Å². The van der Waals surface area contributed by atoms with E-state index in [1.54, 1.807) is 26.0 Å². The third kappa shape index (κ3) is 4.21. The average molecular weight is 284 g/mol. The predicted molar refractivity (Wildman–Crippen MR) is 79.6 cm³/mol. The molecule has 0 heterocycles. The zero-order valence-corrected chi connectivity index (χ0v) is 13.0. The van der Waals surface area contributed by atoms with Gasteiger partial charge in [0.2, 0.25) is 10.0 Å². The second kappa shape index (κ2) is 6.39. The van der Waals surface area contributed by atoms with Crippen molar-refractivity contribution in [3.05, 3.63) is 23.3 Å². The molecule has 0 saturated heterocycles. The minimum Gasteiger partial charge on any atom is -0.398 e. The maximum atomic E-state index is 12.3. The molecule has 0 aliphatic carbocycles. The summed E-state index contributed by atoms with van der Waals surface area (Å²) in [6.07, 6.45) is 1.86. The maximum absolute atomic E-state index is 12.3. The first kappa shape index (κ1) is 16.0. The normalized spacial score (nSPS) is 12.1. The maximum Gasteiger partial charge on any atom is 0.241 e. The van der Waals surface area contributed by atoms with Gasteiger partial charge in [-0.25, -0.2) is 13.1 Å². The van der Waals surface area contributed by atoms with Crippen molar-refractivity contribution in [3.8, 4) is 0 Å². The van der Waals surface area contributed by atoms with Crippen LogP contribution in [0.2, 0.25) is 0 Å². The summed E-state index contributed by atoms with van der Waals surface area (Å²) in [5.74, 6) is 0.584. The number of nitrogen functional groups attached to an aromatic ring is 1. The van der Waals surface area contributed by atoms with Crippen LogP contribution in [0.15, 0.2) is 17.0 Å². The second-order valence-electron chi connectivity index (χ2n) is 5.36. The van der Waals surface area contributed by atoms with Crippen molar-refractivity contribution >= 4 is 15.7 Å². The van der Waals surface area contributed by atoms with E-state index in [4.69, 9.17) is 5.73 Å². The van der Waals surface area contributed by atoms with Gasteiger partial charge >= 0.3 is 0 Å². The summed E-state index contributed by atoms with van der Waals surface area (Å²) in [6.45, 7) is 8.25. The number of hydrogen-bond acceptors (Lipinski definition) is 3. The molecule has 0 bridgehead atoms. The zero-order valence-electron chi connectivity index (χ0n) is 12.2. The Hall–Kier alpha value is -1.07. The summed E-state index contributed by atoms with van der Waals surface area (Å²) < 4.78 is 27.3. The Morgan fingerprint density at radius 3 is 2.47 bits per heavy atom. The summed E-state index contributed by atoms with van der Waals surface area (Å²) >= 11 is 0. The zero-order chi connectivity index (χ0) is 14.6. The molecule has 0 saturated carbocycles. The van der Waals surface area contributed by atoms with Crippen LogP contribution in [0, 0.1) is 19.8 Å². The molecule has 1 aromatic carbocycles. The minimum absolute atomic E-state index is 0.317. The smallest absolute Gasteiger partial charge is 0.241 e. The highest BCUT2D eigenvalue weighted by atomic mass is 32.2. The number of rotatable bonds is 6. The molecule has 0 aliphatic rings. The first-order valence-electron chi connectivity index (χ1n) is 6.61. The second-order valence-corrected chi connectivity index (χ2v) is 7.06. The van der Waals surface area contributed by atoms with Crippen molar-refractivity contribution in [3.63, 3.8) is 0 Å². The third-order valence-electron chi connectivity index (χ3n) is 3.16. The van der Waals surface area contributed by atoms with Gasteiger partial charge in [-0.3, -0.25) is 0 Å². The highest BCUT2D eigenvalue weighted by Gasteiger charge is 2.20. The number of aryl methyl sites for hydroxylation is 1. The average Bonchev–Trinajstić information content (AvgIpc) is 2.29. The van der Waals surface area contributed by atoms with Crippen molar-refractivity contribution in [1.29, 1.82) is 0 Å². The van der Waals surface area contributed by atoms with E-state index in [1.807, 2.05) is 0 Å². The molecule has 108 valence electrons. The molecule has 0 amide bonds. The van der Waals surface area contributed by atoms with Crippen LogP contribution in [0.3, 0.4) is 0 Å².